The fourth-order valence-electron chi connectivity index (χ4n) is 1.52. The van der Waals surface area contributed by atoms with Crippen LogP contribution in [-0.2, 0) is 7.05 Å². The van der Waals surface area contributed by atoms with Crippen molar-refractivity contribution in [2.24, 2.45) is 7.05 Å². The summed E-state index contributed by atoms with van der Waals surface area (Å²) in [6, 6.07) is 1.39. The van der Waals surface area contributed by atoms with Crippen LogP contribution in [0.15, 0.2) is 17.1 Å². The van der Waals surface area contributed by atoms with E-state index in [-0.39, 0.29) is 22.4 Å². The molecule has 17 heavy (non-hydrogen) atoms. The molecule has 2 N–H and O–H groups in total. The van der Waals surface area contributed by atoms with E-state index in [1.807, 2.05) is 0 Å². The van der Waals surface area contributed by atoms with Gasteiger partial charge in [-0.05, 0) is 6.07 Å². The molecule has 2 aromatic rings. The van der Waals surface area contributed by atoms with Gasteiger partial charge in [0.05, 0.1) is 18.9 Å². The van der Waals surface area contributed by atoms with E-state index in [0.29, 0.717) is 5.39 Å². The van der Waals surface area contributed by atoms with Gasteiger partial charge in [-0.15, -0.1) is 0 Å². The highest BCUT2D eigenvalue weighted by molar-refractivity contribution is 6.57. The summed E-state index contributed by atoms with van der Waals surface area (Å²) < 4.78 is 6.13. The first-order valence-electron chi connectivity index (χ1n) is 4.81. The summed E-state index contributed by atoms with van der Waals surface area (Å²) in [5, 5.41) is 22.7. The smallest absolute Gasteiger partial charge is 0.480 e. The molecule has 0 aliphatic heterocycles. The molecular formula is C9H10BN3O4. The second-order valence-electron chi connectivity index (χ2n) is 3.47. The Hall–Kier alpha value is -1.93. The number of hydrogen-bond donors (Lipinski definition) is 2. The largest absolute Gasteiger partial charge is 0.508 e. The zero-order valence-electron chi connectivity index (χ0n) is 9.28. The van der Waals surface area contributed by atoms with Gasteiger partial charge in [-0.1, -0.05) is 0 Å². The molecule has 0 unspecified atom stereocenters. The Balaban J connectivity index is 2.87. The van der Waals surface area contributed by atoms with Gasteiger partial charge >= 0.3 is 7.12 Å². The second-order valence-corrected chi connectivity index (χ2v) is 3.47. The second kappa shape index (κ2) is 4.15. The lowest BCUT2D eigenvalue weighted by Gasteiger charge is -2.07. The fourth-order valence-corrected chi connectivity index (χ4v) is 1.52. The molecule has 0 aromatic carbocycles. The maximum Gasteiger partial charge on any atom is 0.508 e. The van der Waals surface area contributed by atoms with E-state index in [1.54, 1.807) is 0 Å². The lowest BCUT2D eigenvalue weighted by molar-refractivity contribution is 0.399. The molecular weight excluding hydrogens is 225 g/mol. The third-order valence-corrected chi connectivity index (χ3v) is 2.37. The first-order chi connectivity index (χ1) is 8.04. The van der Waals surface area contributed by atoms with E-state index >= 15 is 0 Å². The van der Waals surface area contributed by atoms with E-state index in [1.165, 1.54) is 26.4 Å². The lowest BCUT2D eigenvalue weighted by Crippen LogP contribution is -2.33. The molecule has 88 valence electrons. The number of pyridine rings is 1. The van der Waals surface area contributed by atoms with Crippen molar-refractivity contribution < 1.29 is 14.8 Å². The Kier molecular flexibility index (Phi) is 2.82. The Bertz CT molecular complexity index is 625. The summed E-state index contributed by atoms with van der Waals surface area (Å²) in [6.07, 6.45) is 1.44. The van der Waals surface area contributed by atoms with Gasteiger partial charge in [0.15, 0.2) is 0 Å². The van der Waals surface area contributed by atoms with E-state index in [4.69, 9.17) is 14.8 Å². The van der Waals surface area contributed by atoms with Crippen molar-refractivity contribution in [2.75, 3.05) is 7.11 Å². The van der Waals surface area contributed by atoms with Crippen molar-refractivity contribution in [3.8, 4) is 5.88 Å². The molecule has 2 aromatic heterocycles. The van der Waals surface area contributed by atoms with Gasteiger partial charge in [-0.3, -0.25) is 4.79 Å². The average molecular weight is 235 g/mol. The predicted molar refractivity (Wildman–Crippen MR) is 61.2 cm³/mol. The maximum atomic E-state index is 11.8. The summed E-state index contributed by atoms with van der Waals surface area (Å²) in [6.45, 7) is 0. The van der Waals surface area contributed by atoms with Gasteiger partial charge in [-0.2, -0.15) is 5.10 Å². The Labute approximate surface area is 96.4 Å². The SMILES string of the molecule is COc1nc(B(O)O)cc2cnn(C)c(=O)c12. The van der Waals surface area contributed by atoms with Crippen LogP contribution in [0, 0.1) is 0 Å². The van der Waals surface area contributed by atoms with Gasteiger partial charge in [0.25, 0.3) is 5.56 Å². The van der Waals surface area contributed by atoms with Crippen LogP contribution in [0.25, 0.3) is 10.8 Å². The van der Waals surface area contributed by atoms with Crippen molar-refractivity contribution in [1.82, 2.24) is 14.8 Å². The van der Waals surface area contributed by atoms with E-state index < -0.39 is 7.12 Å². The van der Waals surface area contributed by atoms with Crippen LogP contribution < -0.4 is 15.9 Å². The van der Waals surface area contributed by atoms with Crippen molar-refractivity contribution >= 4 is 23.5 Å². The molecule has 0 radical (unpaired) electrons. The molecule has 8 heteroatoms. The maximum absolute atomic E-state index is 11.8. The average Bonchev–Trinajstić information content (AvgIpc) is 2.32. The molecule has 0 saturated heterocycles. The molecule has 0 saturated carbocycles. The zero-order valence-corrected chi connectivity index (χ0v) is 9.28. The molecule has 0 amide bonds. The van der Waals surface area contributed by atoms with Crippen molar-refractivity contribution in [2.45, 2.75) is 0 Å². The zero-order chi connectivity index (χ0) is 12.6. The minimum Gasteiger partial charge on any atom is -0.480 e. The van der Waals surface area contributed by atoms with Gasteiger partial charge in [-0.25, -0.2) is 9.67 Å². The molecule has 0 atom stereocenters. The van der Waals surface area contributed by atoms with E-state index in [2.05, 4.69) is 10.1 Å². The van der Waals surface area contributed by atoms with Gasteiger partial charge in [0.2, 0.25) is 5.88 Å². The highest BCUT2D eigenvalue weighted by atomic mass is 16.5. The Morgan fingerprint density at radius 3 is 2.76 bits per heavy atom. The number of ether oxygens (including phenoxy) is 1. The normalized spacial score (nSPS) is 10.6. The first-order valence-corrected chi connectivity index (χ1v) is 4.81. The van der Waals surface area contributed by atoms with Crippen molar-refractivity contribution in [3.05, 3.63) is 22.6 Å². The Morgan fingerprint density at radius 2 is 2.18 bits per heavy atom. The first kappa shape index (κ1) is 11.6. The van der Waals surface area contributed by atoms with Crippen LogP contribution in [0.4, 0.5) is 0 Å². The van der Waals surface area contributed by atoms with Gasteiger partial charge in [0, 0.05) is 12.4 Å². The van der Waals surface area contributed by atoms with Crippen LogP contribution in [0.1, 0.15) is 0 Å². The number of fused-ring (bicyclic) bond motifs is 1. The van der Waals surface area contributed by atoms with Gasteiger partial charge in [0.1, 0.15) is 5.39 Å². The third kappa shape index (κ3) is 1.88. The monoisotopic (exact) mass is 235 g/mol. The number of aromatic nitrogens is 3. The Morgan fingerprint density at radius 1 is 1.47 bits per heavy atom. The lowest BCUT2D eigenvalue weighted by atomic mass is 9.85. The summed E-state index contributed by atoms with van der Waals surface area (Å²) in [4.78, 5) is 15.7. The van der Waals surface area contributed by atoms with Crippen LogP contribution in [0.5, 0.6) is 5.88 Å². The highest BCUT2D eigenvalue weighted by Crippen LogP contribution is 2.16. The van der Waals surface area contributed by atoms with Gasteiger partial charge < -0.3 is 14.8 Å². The number of nitrogens with zero attached hydrogens (tertiary/aromatic N) is 3. The molecule has 0 spiro atoms. The molecule has 0 aliphatic carbocycles. The van der Waals surface area contributed by atoms with Crippen LogP contribution in [0.3, 0.4) is 0 Å². The number of rotatable bonds is 2. The fraction of sp³-hybridized carbons (Fsp3) is 0.222. The number of hydrogen-bond acceptors (Lipinski definition) is 6. The predicted octanol–water partition coefficient (Wildman–Crippen LogP) is -1.98. The highest BCUT2D eigenvalue weighted by Gasteiger charge is 2.18. The van der Waals surface area contributed by atoms with E-state index in [9.17, 15) is 4.79 Å². The van der Waals surface area contributed by atoms with Crippen LogP contribution in [0.2, 0.25) is 0 Å². The topological polar surface area (TPSA) is 97.5 Å². The molecule has 2 rings (SSSR count). The summed E-state index contributed by atoms with van der Waals surface area (Å²) in [5.74, 6) is 0.0496. The summed E-state index contributed by atoms with van der Waals surface area (Å²) in [7, 11) is 1.14. The molecule has 0 aliphatic rings. The minimum atomic E-state index is -1.72. The van der Waals surface area contributed by atoms with Crippen molar-refractivity contribution in [1.29, 1.82) is 0 Å². The number of methoxy groups -OCH3 is 1. The molecule has 2 heterocycles. The van der Waals surface area contributed by atoms with Crippen molar-refractivity contribution in [3.63, 3.8) is 0 Å². The molecule has 0 bridgehead atoms. The molecule has 0 fully saturated rings. The quantitative estimate of drug-likeness (QED) is 0.585. The molecule has 7 nitrogen and oxygen atoms in total. The summed E-state index contributed by atoms with van der Waals surface area (Å²) >= 11 is 0. The van der Waals surface area contributed by atoms with Crippen LogP contribution in [-0.4, -0.2) is 39.0 Å². The summed E-state index contributed by atoms with van der Waals surface area (Å²) in [5.41, 5.74) is -0.352. The standard InChI is InChI=1S/C9H10BN3O4/c1-13-9(14)7-5(4-11-13)3-6(10(15)16)12-8(7)17-2/h3-4,15-16H,1-2H3. The van der Waals surface area contributed by atoms with E-state index in [0.717, 1.165) is 4.68 Å². The number of aryl methyl sites for hydroxylation is 1. The van der Waals surface area contributed by atoms with Crippen LogP contribution >= 0.6 is 0 Å². The third-order valence-electron chi connectivity index (χ3n) is 2.37. The minimum absolute atomic E-state index is 0.00408.